The molecule has 0 radical (unpaired) electrons. The molecule has 0 heterocycles. The average molecular weight is 775 g/mol. The van der Waals surface area contributed by atoms with E-state index in [4.69, 9.17) is 20.9 Å². The highest BCUT2D eigenvalue weighted by atomic mass is 16.5. The number of anilines is 2. The van der Waals surface area contributed by atoms with Crippen LogP contribution in [0.3, 0.4) is 0 Å². The molecule has 6 N–H and O–H groups in total. The van der Waals surface area contributed by atoms with Crippen molar-refractivity contribution in [1.82, 2.24) is 0 Å². The molecule has 0 spiro atoms. The van der Waals surface area contributed by atoms with E-state index in [1.807, 2.05) is 133 Å². The lowest BCUT2D eigenvalue weighted by atomic mass is 9.90. The van der Waals surface area contributed by atoms with Crippen LogP contribution in [0, 0.1) is 47.4 Å². The number of fused-ring (bicyclic) bond motifs is 1. The molecule has 0 saturated heterocycles. The average Bonchev–Trinajstić information content (AvgIpc) is 3.28. The number of nitrogens with two attached hydrogens (primary N) is 2. The molecular weight excluding hydrogens is 741 g/mol. The predicted molar refractivity (Wildman–Crippen MR) is 239 cm³/mol. The maximum atomic E-state index is 10.3. The lowest BCUT2D eigenvalue weighted by molar-refractivity contribution is 0.466. The fourth-order valence-electron chi connectivity index (χ4n) is 6.27. The lowest BCUT2D eigenvalue weighted by Gasteiger charge is -2.18. The Balaban J connectivity index is 1.53. The smallest absolute Gasteiger partial charge is 0.145 e. The van der Waals surface area contributed by atoms with Crippen LogP contribution < -0.4 is 20.9 Å². The Morgan fingerprint density at radius 1 is 0.350 bits per heavy atom. The molecule has 0 amide bonds. The van der Waals surface area contributed by atoms with Gasteiger partial charge in [0, 0.05) is 56.3 Å². The molecule has 8 aromatic rings. The van der Waals surface area contributed by atoms with Crippen molar-refractivity contribution in [2.45, 2.75) is 0 Å². The van der Waals surface area contributed by atoms with Crippen LogP contribution >= 0.6 is 0 Å². The van der Waals surface area contributed by atoms with Crippen molar-refractivity contribution >= 4 is 22.1 Å². The molecule has 284 valence electrons. The normalized spacial score (nSPS) is 10.1. The maximum absolute atomic E-state index is 10.3. The topological polar surface area (TPSA) is 111 Å². The summed E-state index contributed by atoms with van der Waals surface area (Å²) in [7, 11) is 0. The van der Waals surface area contributed by atoms with Crippen molar-refractivity contribution in [3.63, 3.8) is 0 Å². The van der Waals surface area contributed by atoms with E-state index in [-0.39, 0.29) is 22.9 Å². The number of rotatable bonds is 4. The van der Waals surface area contributed by atoms with Gasteiger partial charge in [-0.2, -0.15) is 0 Å². The summed E-state index contributed by atoms with van der Waals surface area (Å²) in [4.78, 5) is 0. The van der Waals surface area contributed by atoms with E-state index in [0.29, 0.717) is 56.0 Å². The molecule has 6 nitrogen and oxygen atoms in total. The van der Waals surface area contributed by atoms with E-state index in [1.54, 1.807) is 24.3 Å². The maximum Gasteiger partial charge on any atom is 0.145 e. The van der Waals surface area contributed by atoms with Crippen LogP contribution in [0.5, 0.6) is 34.5 Å². The Kier molecular flexibility index (Phi) is 11.0. The number of ether oxygens (including phenoxy) is 2. The van der Waals surface area contributed by atoms with Gasteiger partial charge in [0.15, 0.2) is 0 Å². The van der Waals surface area contributed by atoms with Crippen molar-refractivity contribution in [3.05, 3.63) is 214 Å². The van der Waals surface area contributed by atoms with Crippen LogP contribution in [0.2, 0.25) is 0 Å². The van der Waals surface area contributed by atoms with E-state index in [2.05, 4.69) is 47.4 Å². The molecule has 6 heteroatoms. The molecule has 0 aromatic heterocycles. The highest BCUT2D eigenvalue weighted by molar-refractivity contribution is 6.04. The van der Waals surface area contributed by atoms with E-state index < -0.39 is 0 Å². The number of hydrogen-bond acceptors (Lipinski definition) is 6. The van der Waals surface area contributed by atoms with E-state index in [1.165, 1.54) is 12.1 Å². The van der Waals surface area contributed by atoms with E-state index in [9.17, 15) is 10.2 Å². The molecular formula is C54H34N2O4. The van der Waals surface area contributed by atoms with Gasteiger partial charge in [0.05, 0.1) is 22.5 Å². The van der Waals surface area contributed by atoms with Gasteiger partial charge in [0.2, 0.25) is 0 Å². The minimum Gasteiger partial charge on any atom is -0.506 e. The second-order valence-corrected chi connectivity index (χ2v) is 13.5. The van der Waals surface area contributed by atoms with E-state index in [0.717, 1.165) is 22.3 Å². The summed E-state index contributed by atoms with van der Waals surface area (Å²) >= 11 is 0. The first kappa shape index (κ1) is 38.0. The first-order valence-electron chi connectivity index (χ1n) is 18.9. The number of nitrogen functional groups attached to an aromatic ring is 2. The monoisotopic (exact) mass is 774 g/mol. The van der Waals surface area contributed by atoms with Crippen LogP contribution in [0.15, 0.2) is 170 Å². The van der Waals surface area contributed by atoms with Gasteiger partial charge in [0.1, 0.15) is 34.5 Å². The molecule has 0 atom stereocenters. The molecule has 8 aromatic carbocycles. The number of benzene rings is 8. The fraction of sp³-hybridized carbons (Fsp3) is 0. The zero-order valence-electron chi connectivity index (χ0n) is 32.0. The minimum atomic E-state index is -0.0672. The van der Waals surface area contributed by atoms with Crippen molar-refractivity contribution < 1.29 is 19.7 Å². The fourth-order valence-corrected chi connectivity index (χ4v) is 6.27. The summed E-state index contributed by atoms with van der Waals surface area (Å²) in [6, 6.07) is 51.6. The van der Waals surface area contributed by atoms with Crippen LogP contribution in [-0.4, -0.2) is 10.2 Å². The Hall–Kier alpha value is -8.94. The number of aromatic hydroxyl groups is 2. The third-order valence-corrected chi connectivity index (χ3v) is 9.23. The highest BCUT2D eigenvalue weighted by Gasteiger charge is 2.22. The van der Waals surface area contributed by atoms with Crippen LogP contribution in [0.1, 0.15) is 44.5 Å². The number of hydrogen-bond donors (Lipinski definition) is 4. The van der Waals surface area contributed by atoms with Gasteiger partial charge >= 0.3 is 0 Å². The van der Waals surface area contributed by atoms with E-state index >= 15 is 0 Å². The SMILES string of the molecule is Nc1cc(Oc2cc(C#Cc3ccccc3)c3c(C#Cc4ccccc4)c(Oc4ccc(O)c(N)c4)cc(C#Cc4ccccc4)c3c2C#Cc2ccccc2)ccc1O. The molecule has 0 aliphatic heterocycles. The van der Waals surface area contributed by atoms with Gasteiger partial charge in [-0.1, -0.05) is 120 Å². The molecule has 0 aliphatic carbocycles. The third-order valence-electron chi connectivity index (χ3n) is 9.23. The van der Waals surface area contributed by atoms with Gasteiger partial charge in [0.25, 0.3) is 0 Å². The van der Waals surface area contributed by atoms with Crippen molar-refractivity contribution in [2.24, 2.45) is 0 Å². The largest absolute Gasteiger partial charge is 0.506 e. The quantitative estimate of drug-likeness (QED) is 0.0805. The molecule has 60 heavy (non-hydrogen) atoms. The zero-order valence-corrected chi connectivity index (χ0v) is 32.0. The Morgan fingerprint density at radius 2 is 0.667 bits per heavy atom. The predicted octanol–water partition coefficient (Wildman–Crippen LogP) is 10.6. The van der Waals surface area contributed by atoms with Gasteiger partial charge < -0.3 is 31.2 Å². The van der Waals surface area contributed by atoms with Crippen molar-refractivity contribution in [2.75, 3.05) is 11.5 Å². The molecule has 0 unspecified atom stereocenters. The Morgan fingerprint density at radius 3 is 0.983 bits per heavy atom. The third kappa shape index (κ3) is 8.86. The summed E-state index contributed by atoms with van der Waals surface area (Å²) in [6.07, 6.45) is 0. The Bertz CT molecular complexity index is 2920. The second-order valence-electron chi connectivity index (χ2n) is 13.5. The van der Waals surface area contributed by atoms with Gasteiger partial charge in [-0.15, -0.1) is 0 Å². The van der Waals surface area contributed by atoms with Crippen LogP contribution in [0.25, 0.3) is 10.8 Å². The number of phenolic OH excluding ortho intramolecular Hbond substituents is 2. The van der Waals surface area contributed by atoms with Crippen LogP contribution in [-0.2, 0) is 0 Å². The minimum absolute atomic E-state index is 0.0672. The number of phenols is 2. The molecule has 0 bridgehead atoms. The highest BCUT2D eigenvalue weighted by Crippen LogP contribution is 2.42. The lowest BCUT2D eigenvalue weighted by Crippen LogP contribution is -2.00. The second kappa shape index (κ2) is 17.5. The zero-order chi connectivity index (χ0) is 41.3. The molecule has 8 rings (SSSR count). The molecule has 0 aliphatic rings. The summed E-state index contributed by atoms with van der Waals surface area (Å²) < 4.78 is 13.3. The van der Waals surface area contributed by atoms with Crippen molar-refractivity contribution in [3.8, 4) is 81.9 Å². The van der Waals surface area contributed by atoms with Crippen molar-refractivity contribution in [1.29, 1.82) is 0 Å². The summed E-state index contributed by atoms with van der Waals surface area (Å²) in [5, 5.41) is 21.8. The van der Waals surface area contributed by atoms with Crippen LogP contribution in [0.4, 0.5) is 11.4 Å². The van der Waals surface area contributed by atoms with Gasteiger partial charge in [-0.05, 0) is 84.9 Å². The Labute approximate surface area is 348 Å². The van der Waals surface area contributed by atoms with Gasteiger partial charge in [-0.25, -0.2) is 0 Å². The molecule has 0 saturated carbocycles. The first-order chi connectivity index (χ1) is 29.4. The summed E-state index contributed by atoms with van der Waals surface area (Å²) in [6.45, 7) is 0. The summed E-state index contributed by atoms with van der Waals surface area (Å²) in [5.74, 6) is 28.4. The van der Waals surface area contributed by atoms with Gasteiger partial charge in [-0.3, -0.25) is 0 Å². The standard InChI is InChI=1S/C54H34N2O4/c55-47-35-43(27-31-49(47)57)59-51-33-41(25-21-37-13-5-1-6-14-37)53-45(29-23-39-17-9-3-10-18-39)52(60-44-28-32-50(58)48(56)36-44)34-42(26-22-38-15-7-2-8-16-38)54(53)46(51)30-24-40-19-11-4-12-20-40/h1-20,27-28,31-36,57-58H,55-56H2. The first-order valence-corrected chi connectivity index (χ1v) is 18.9. The summed E-state index contributed by atoms with van der Waals surface area (Å²) in [5.41, 5.74) is 17.9. The molecule has 0 fully saturated rings.